The van der Waals surface area contributed by atoms with Crippen LogP contribution in [0.4, 0.5) is 18.3 Å². The van der Waals surface area contributed by atoms with Gasteiger partial charge in [0.25, 0.3) is 10.0 Å². The number of amides is 1. The Kier molecular flexibility index (Phi) is 31.6. The predicted molar refractivity (Wildman–Crippen MR) is 289 cm³/mol. The number of sulfonamides is 1. The number of carbonyl (C=O) groups is 1. The molecule has 2 heterocycles. The van der Waals surface area contributed by atoms with E-state index in [1.807, 2.05) is 6.07 Å². The number of anilines is 1. The van der Waals surface area contributed by atoms with Crippen molar-refractivity contribution in [3.8, 4) is 39.8 Å². The largest absolute Gasteiger partial charge is 0.455 e. The number of halogens is 3. The minimum absolute atomic E-state index is 0.00641. The fourth-order valence-electron chi connectivity index (χ4n) is 6.89. The highest BCUT2D eigenvalue weighted by atomic mass is 32.2. The van der Waals surface area contributed by atoms with Crippen LogP contribution in [0, 0.1) is 11.3 Å². The summed E-state index contributed by atoms with van der Waals surface area (Å²) in [6, 6.07) is 18.6. The Labute approximate surface area is 473 Å². The molecule has 5 rings (SSSR count). The van der Waals surface area contributed by atoms with Gasteiger partial charge in [-0.15, -0.1) is 0 Å². The molecule has 0 saturated heterocycles. The first-order valence-corrected chi connectivity index (χ1v) is 28.1. The Morgan fingerprint density at radius 1 is 0.593 bits per heavy atom. The van der Waals surface area contributed by atoms with Crippen LogP contribution in [0.2, 0.25) is 0 Å². The molecule has 0 aliphatic carbocycles. The number of benzene rings is 3. The van der Waals surface area contributed by atoms with E-state index < -0.39 is 21.8 Å². The minimum Gasteiger partial charge on any atom is -0.455 e. The van der Waals surface area contributed by atoms with Crippen molar-refractivity contribution in [3.63, 3.8) is 0 Å². The van der Waals surface area contributed by atoms with E-state index in [1.54, 1.807) is 37.4 Å². The number of aromatic nitrogens is 3. The SMILES string of the molecule is COCCOCCOCCOCCOCCOCCOCCOCCOCCOCCOCCOCCC(=O)NCc1cc(-c2cc(-c3cccc(C(F)(F)F)c3)ccc2Oc2ccc(S(=O)(=O)Nc3ncns3)cc2C#N)ccn1. The first kappa shape index (κ1) is 66.0. The smallest absolute Gasteiger partial charge is 0.416 e. The molecule has 3 aromatic carbocycles. The van der Waals surface area contributed by atoms with Crippen molar-refractivity contribution >= 4 is 32.6 Å². The van der Waals surface area contributed by atoms with E-state index in [9.17, 15) is 31.6 Å². The molecule has 22 nitrogen and oxygen atoms in total. The molecule has 0 unspecified atom stereocenters. The van der Waals surface area contributed by atoms with Crippen LogP contribution in [0.3, 0.4) is 0 Å². The number of ether oxygens (including phenoxy) is 13. The van der Waals surface area contributed by atoms with Crippen molar-refractivity contribution in [2.24, 2.45) is 0 Å². The van der Waals surface area contributed by atoms with Gasteiger partial charge in [-0.05, 0) is 71.3 Å². The standard InChI is InChI=1S/C54H69F3N6O16S2/c1-67-13-14-69-17-18-71-21-22-73-25-26-75-29-30-77-33-34-78-32-31-76-28-27-74-24-23-72-20-19-70-16-15-68-12-10-52(64)60-40-47-36-44(9-11-59-47)49-38-43(42-3-2-4-46(35-42)54(55,56)57)5-7-51(49)79-50-8-6-48(37-45(50)39-58)81(65,66)63-53-61-41-62-80-53/h2-9,11,35-38,41H,10,12-34,40H2,1H3,(H,60,64)(H,61,62,63). The second-order valence-corrected chi connectivity index (χ2v) is 19.3. The van der Waals surface area contributed by atoms with Crippen molar-refractivity contribution in [3.05, 3.63) is 102 Å². The van der Waals surface area contributed by atoms with Gasteiger partial charge in [0.2, 0.25) is 11.0 Å². The number of carbonyl (C=O) groups excluding carboxylic acids is 1. The monoisotopic (exact) mass is 1180 g/mol. The van der Waals surface area contributed by atoms with Gasteiger partial charge >= 0.3 is 6.18 Å². The number of pyridine rings is 1. The van der Waals surface area contributed by atoms with Crippen LogP contribution < -0.4 is 14.8 Å². The highest BCUT2D eigenvalue weighted by Crippen LogP contribution is 2.40. The van der Waals surface area contributed by atoms with Crippen LogP contribution in [-0.4, -0.2) is 188 Å². The maximum Gasteiger partial charge on any atom is 0.416 e. The summed E-state index contributed by atoms with van der Waals surface area (Å²) >= 11 is 0.833. The van der Waals surface area contributed by atoms with Crippen molar-refractivity contribution in [1.29, 1.82) is 5.26 Å². The number of methoxy groups -OCH3 is 1. The number of alkyl halides is 3. The second kappa shape index (κ2) is 38.8. The van der Waals surface area contributed by atoms with Crippen LogP contribution in [0.15, 0.2) is 90.2 Å². The van der Waals surface area contributed by atoms with Gasteiger partial charge in [-0.25, -0.2) is 13.4 Å². The van der Waals surface area contributed by atoms with E-state index in [0.717, 1.165) is 29.7 Å². The van der Waals surface area contributed by atoms with Gasteiger partial charge in [0, 0.05) is 36.8 Å². The molecule has 81 heavy (non-hydrogen) atoms. The molecule has 0 bridgehead atoms. The van der Waals surface area contributed by atoms with Gasteiger partial charge in [-0.3, -0.25) is 14.5 Å². The van der Waals surface area contributed by atoms with E-state index in [1.165, 1.54) is 36.8 Å². The van der Waals surface area contributed by atoms with Gasteiger partial charge < -0.3 is 66.9 Å². The Bertz CT molecular complexity index is 2710. The molecule has 0 atom stereocenters. The van der Waals surface area contributed by atoms with Gasteiger partial charge in [0.1, 0.15) is 23.9 Å². The molecule has 2 aromatic heterocycles. The Morgan fingerprint density at radius 2 is 1.10 bits per heavy atom. The van der Waals surface area contributed by atoms with Gasteiger partial charge in [-0.2, -0.15) is 22.8 Å². The minimum atomic E-state index is -4.58. The predicted octanol–water partition coefficient (Wildman–Crippen LogP) is 6.59. The molecule has 0 aliphatic rings. The number of nitriles is 1. The summed E-state index contributed by atoms with van der Waals surface area (Å²) in [4.78, 5) is 20.7. The van der Waals surface area contributed by atoms with E-state index in [4.69, 9.17) is 61.6 Å². The summed E-state index contributed by atoms with van der Waals surface area (Å²) in [7, 11) is -2.51. The maximum absolute atomic E-state index is 13.7. The average Bonchev–Trinajstić information content (AvgIpc) is 4.14. The molecule has 0 aliphatic heterocycles. The third-order valence-electron chi connectivity index (χ3n) is 10.9. The topological polar surface area (TPSA) is 258 Å². The number of nitrogens with one attached hydrogen (secondary N) is 2. The molecule has 27 heteroatoms. The first-order valence-electron chi connectivity index (χ1n) is 25.9. The van der Waals surface area contributed by atoms with Crippen molar-refractivity contribution < 1.29 is 88.0 Å². The zero-order valence-corrected chi connectivity index (χ0v) is 46.7. The Morgan fingerprint density at radius 3 is 1.59 bits per heavy atom. The lowest BCUT2D eigenvalue weighted by atomic mass is 9.97. The fraction of sp³-hybridized carbons (Fsp3) is 0.500. The molecule has 5 aromatic rings. The van der Waals surface area contributed by atoms with E-state index >= 15 is 0 Å². The molecule has 0 radical (unpaired) electrons. The average molecular weight is 1180 g/mol. The number of rotatable bonds is 45. The lowest BCUT2D eigenvalue weighted by molar-refractivity contribution is -0.137. The first-order chi connectivity index (χ1) is 39.5. The number of hydrogen-bond donors (Lipinski definition) is 2. The number of nitrogens with zero attached hydrogens (tertiary/aromatic N) is 4. The molecular formula is C54H69F3N6O16S2. The van der Waals surface area contributed by atoms with E-state index in [-0.39, 0.29) is 64.7 Å². The molecule has 0 spiro atoms. The molecule has 0 saturated carbocycles. The van der Waals surface area contributed by atoms with Crippen LogP contribution in [0.5, 0.6) is 11.5 Å². The van der Waals surface area contributed by atoms with Gasteiger partial charge in [-0.1, -0.05) is 18.2 Å². The molecule has 1 amide bonds. The molecule has 0 fully saturated rings. The third-order valence-corrected chi connectivity index (χ3v) is 13.0. The molecule has 2 N–H and O–H groups in total. The summed E-state index contributed by atoms with van der Waals surface area (Å²) in [6.07, 6.45) is -1.82. The molecule has 444 valence electrons. The van der Waals surface area contributed by atoms with Crippen molar-refractivity contribution in [2.75, 3.05) is 164 Å². The molecular weight excluding hydrogens is 1110 g/mol. The summed E-state index contributed by atoms with van der Waals surface area (Å²) in [5.74, 6) is -0.104. The highest BCUT2D eigenvalue weighted by molar-refractivity contribution is 7.93. The van der Waals surface area contributed by atoms with Crippen molar-refractivity contribution in [1.82, 2.24) is 19.7 Å². The van der Waals surface area contributed by atoms with Crippen molar-refractivity contribution in [2.45, 2.75) is 24.0 Å². The normalized spacial score (nSPS) is 11.7. The second-order valence-electron chi connectivity index (χ2n) is 16.8. The quantitative estimate of drug-likeness (QED) is 0.0390. The van der Waals surface area contributed by atoms with Gasteiger partial charge in [0.05, 0.1) is 180 Å². The summed E-state index contributed by atoms with van der Waals surface area (Å²) in [6.45, 7) is 10.0. The highest BCUT2D eigenvalue weighted by Gasteiger charge is 2.30. The Hall–Kier alpha value is -5.81. The zero-order chi connectivity index (χ0) is 57.6. The lowest BCUT2D eigenvalue weighted by Gasteiger charge is -2.16. The fourth-order valence-corrected chi connectivity index (χ4v) is 8.58. The van der Waals surface area contributed by atoms with Crippen LogP contribution in [0.25, 0.3) is 22.3 Å². The van der Waals surface area contributed by atoms with Crippen LogP contribution in [0.1, 0.15) is 23.2 Å². The summed E-state index contributed by atoms with van der Waals surface area (Å²) in [5.41, 5.74) is 1.12. The van der Waals surface area contributed by atoms with E-state index in [2.05, 4.69) is 24.4 Å². The third kappa shape index (κ3) is 26.8. The summed E-state index contributed by atoms with van der Waals surface area (Å²) < 4.78 is 145. The Balaban J connectivity index is 0.898. The number of hydrogen-bond acceptors (Lipinski definition) is 21. The lowest BCUT2D eigenvalue weighted by Crippen LogP contribution is -2.24. The van der Waals surface area contributed by atoms with Gasteiger partial charge in [0.15, 0.2) is 0 Å². The maximum atomic E-state index is 13.7. The van der Waals surface area contributed by atoms with Crippen LogP contribution >= 0.6 is 11.5 Å². The van der Waals surface area contributed by atoms with E-state index in [0.29, 0.717) is 161 Å². The zero-order valence-electron chi connectivity index (χ0n) is 45.0. The van der Waals surface area contributed by atoms with Crippen LogP contribution in [-0.2, 0) is 84.4 Å². The summed E-state index contributed by atoms with van der Waals surface area (Å²) in [5, 5.41) is 12.9.